The predicted octanol–water partition coefficient (Wildman–Crippen LogP) is 4.50. The topological polar surface area (TPSA) is 17.1 Å². The van der Waals surface area contributed by atoms with Crippen molar-refractivity contribution in [2.24, 2.45) is 28.6 Å². The van der Waals surface area contributed by atoms with Gasteiger partial charge in [-0.25, -0.2) is 0 Å². The van der Waals surface area contributed by atoms with Crippen LogP contribution in [0, 0.1) is 35.5 Å². The van der Waals surface area contributed by atoms with Crippen molar-refractivity contribution in [3.63, 3.8) is 0 Å². The van der Waals surface area contributed by atoms with Gasteiger partial charge in [0.2, 0.25) is 0 Å². The molecular formula is C19H25O. The molecule has 0 N–H and O–H groups in total. The van der Waals surface area contributed by atoms with Crippen molar-refractivity contribution in [2.75, 3.05) is 0 Å². The molecule has 0 aromatic heterocycles. The molecule has 0 saturated heterocycles. The van der Waals surface area contributed by atoms with Crippen molar-refractivity contribution in [2.45, 2.75) is 51.4 Å². The minimum atomic E-state index is -0.171. The van der Waals surface area contributed by atoms with Crippen LogP contribution in [0.2, 0.25) is 0 Å². The molecule has 0 aromatic carbocycles. The molecule has 0 heterocycles. The second-order valence-corrected chi connectivity index (χ2v) is 8.15. The molecule has 1 heteroatoms. The number of carbonyl (C=O) groups is 1. The highest BCUT2D eigenvalue weighted by Gasteiger charge is 2.54. The van der Waals surface area contributed by atoms with E-state index in [4.69, 9.17) is 0 Å². The lowest BCUT2D eigenvalue weighted by Gasteiger charge is -2.56. The lowest BCUT2D eigenvalue weighted by atomic mass is 9.48. The van der Waals surface area contributed by atoms with E-state index in [1.54, 1.807) is 0 Å². The van der Waals surface area contributed by atoms with Gasteiger partial charge in [0.05, 0.1) is 0 Å². The molecule has 107 valence electrons. The van der Waals surface area contributed by atoms with Gasteiger partial charge in [0, 0.05) is 11.8 Å². The molecule has 0 spiro atoms. The minimum Gasteiger partial charge on any atom is -0.299 e. The molecule has 5 aliphatic carbocycles. The molecule has 1 atom stereocenters. The first-order valence-corrected chi connectivity index (χ1v) is 8.30. The first kappa shape index (κ1) is 12.9. The number of allylic oxidation sites excluding steroid dienone is 4. The van der Waals surface area contributed by atoms with E-state index < -0.39 is 0 Å². The molecule has 5 rings (SSSR count). The number of rotatable bonds is 3. The Kier molecular flexibility index (Phi) is 2.78. The van der Waals surface area contributed by atoms with Crippen LogP contribution in [0.1, 0.15) is 51.4 Å². The fourth-order valence-electron chi connectivity index (χ4n) is 5.80. The van der Waals surface area contributed by atoms with Gasteiger partial charge in [-0.05, 0) is 75.0 Å². The summed E-state index contributed by atoms with van der Waals surface area (Å²) in [5, 5.41) is 0. The van der Waals surface area contributed by atoms with Crippen LogP contribution in [0.4, 0.5) is 0 Å². The van der Waals surface area contributed by atoms with E-state index in [-0.39, 0.29) is 10.8 Å². The smallest absolute Gasteiger partial charge is 0.139 e. The van der Waals surface area contributed by atoms with Gasteiger partial charge in [-0.15, -0.1) is 0 Å². The van der Waals surface area contributed by atoms with Crippen LogP contribution in [0.5, 0.6) is 0 Å². The van der Waals surface area contributed by atoms with Crippen molar-refractivity contribution < 1.29 is 4.79 Å². The third-order valence-corrected chi connectivity index (χ3v) is 6.36. The van der Waals surface area contributed by atoms with Crippen LogP contribution < -0.4 is 0 Å². The van der Waals surface area contributed by atoms with Crippen LogP contribution in [-0.4, -0.2) is 5.78 Å². The molecule has 1 radical (unpaired) electrons. The average molecular weight is 269 g/mol. The summed E-state index contributed by atoms with van der Waals surface area (Å²) in [6, 6.07) is 0. The maximum Gasteiger partial charge on any atom is 0.139 e. The van der Waals surface area contributed by atoms with Gasteiger partial charge in [-0.3, -0.25) is 4.79 Å². The Balaban J connectivity index is 1.54. The molecule has 4 saturated carbocycles. The zero-order valence-electron chi connectivity index (χ0n) is 12.3. The summed E-state index contributed by atoms with van der Waals surface area (Å²) in [6.07, 6.45) is 17.8. The largest absolute Gasteiger partial charge is 0.299 e. The molecule has 0 amide bonds. The van der Waals surface area contributed by atoms with E-state index >= 15 is 0 Å². The Morgan fingerprint density at radius 1 is 1.05 bits per heavy atom. The molecule has 0 aromatic rings. The van der Waals surface area contributed by atoms with Crippen molar-refractivity contribution in [1.29, 1.82) is 0 Å². The van der Waals surface area contributed by atoms with Gasteiger partial charge in [0.15, 0.2) is 0 Å². The van der Waals surface area contributed by atoms with Crippen molar-refractivity contribution >= 4 is 5.78 Å². The Hall–Kier alpha value is -0.850. The normalized spacial score (nSPS) is 48.8. The molecule has 4 fully saturated rings. The molecule has 5 aliphatic rings. The fourth-order valence-corrected chi connectivity index (χ4v) is 5.80. The number of ketones is 1. The first-order valence-electron chi connectivity index (χ1n) is 8.30. The van der Waals surface area contributed by atoms with E-state index in [2.05, 4.69) is 31.2 Å². The van der Waals surface area contributed by atoms with Gasteiger partial charge < -0.3 is 0 Å². The van der Waals surface area contributed by atoms with E-state index in [0.29, 0.717) is 12.2 Å². The fraction of sp³-hybridized carbons (Fsp3) is 0.684. The summed E-state index contributed by atoms with van der Waals surface area (Å²) < 4.78 is 0. The van der Waals surface area contributed by atoms with E-state index in [1.807, 2.05) is 0 Å². The highest BCUT2D eigenvalue weighted by molar-refractivity contribution is 5.86. The number of hydrogen-bond donors (Lipinski definition) is 0. The second-order valence-electron chi connectivity index (χ2n) is 8.15. The van der Waals surface area contributed by atoms with Gasteiger partial charge in [0.1, 0.15) is 5.78 Å². The van der Waals surface area contributed by atoms with Crippen LogP contribution in [0.15, 0.2) is 24.3 Å². The first-order chi connectivity index (χ1) is 9.57. The molecule has 20 heavy (non-hydrogen) atoms. The molecule has 1 unspecified atom stereocenters. The van der Waals surface area contributed by atoms with Crippen molar-refractivity contribution in [1.82, 2.24) is 0 Å². The summed E-state index contributed by atoms with van der Waals surface area (Å²) in [5.74, 6) is 3.10. The highest BCUT2D eigenvalue weighted by Crippen LogP contribution is 2.61. The zero-order valence-corrected chi connectivity index (χ0v) is 12.3. The van der Waals surface area contributed by atoms with Crippen LogP contribution in [-0.2, 0) is 4.79 Å². The Morgan fingerprint density at radius 3 is 2.15 bits per heavy atom. The maximum absolute atomic E-state index is 13.1. The number of carbonyl (C=O) groups excluding carboxylic acids is 1. The standard InChI is InChI=1S/C19H25O/c1-18(5-3-2-4-6-18)13-17(20)19-10-14-7-15(11-19)9-16(8-14)12-19/h2-5,14-16H,1,6-13H2. The summed E-state index contributed by atoms with van der Waals surface area (Å²) in [7, 11) is 0. The quantitative estimate of drug-likeness (QED) is 0.737. The monoisotopic (exact) mass is 269 g/mol. The van der Waals surface area contributed by atoms with Gasteiger partial charge >= 0.3 is 0 Å². The Labute approximate surface area is 122 Å². The van der Waals surface area contributed by atoms with Gasteiger partial charge in [-0.2, -0.15) is 0 Å². The maximum atomic E-state index is 13.1. The molecule has 1 nitrogen and oxygen atoms in total. The van der Waals surface area contributed by atoms with E-state index in [1.165, 1.54) is 38.5 Å². The van der Waals surface area contributed by atoms with Crippen LogP contribution in [0.25, 0.3) is 0 Å². The minimum absolute atomic E-state index is 0.0500. The van der Waals surface area contributed by atoms with Crippen LogP contribution in [0.3, 0.4) is 0 Å². The number of hydrogen-bond acceptors (Lipinski definition) is 1. The zero-order chi connectivity index (χ0) is 13.8. The Bertz CT molecular complexity index is 449. The lowest BCUT2D eigenvalue weighted by molar-refractivity contribution is -0.145. The third-order valence-electron chi connectivity index (χ3n) is 6.36. The van der Waals surface area contributed by atoms with Crippen molar-refractivity contribution in [3.05, 3.63) is 31.2 Å². The SMILES string of the molecule is [CH2]C1(CC(=O)C23CC4CC(CC(C4)C2)C3)C=CC=CC1. The summed E-state index contributed by atoms with van der Waals surface area (Å²) in [4.78, 5) is 13.1. The third kappa shape index (κ3) is 2.01. The Morgan fingerprint density at radius 2 is 1.65 bits per heavy atom. The predicted molar refractivity (Wildman–Crippen MR) is 80.9 cm³/mol. The summed E-state index contributed by atoms with van der Waals surface area (Å²) in [6.45, 7) is 4.34. The average Bonchev–Trinajstić information content (AvgIpc) is 2.37. The molecule has 4 bridgehead atoms. The second kappa shape index (κ2) is 4.32. The highest BCUT2D eigenvalue weighted by atomic mass is 16.1. The lowest BCUT2D eigenvalue weighted by Crippen LogP contribution is -2.50. The van der Waals surface area contributed by atoms with Gasteiger partial charge in [-0.1, -0.05) is 24.3 Å². The summed E-state index contributed by atoms with van der Waals surface area (Å²) >= 11 is 0. The summed E-state index contributed by atoms with van der Waals surface area (Å²) in [5.41, 5.74) is -0.121. The van der Waals surface area contributed by atoms with E-state index in [0.717, 1.165) is 24.2 Å². The van der Waals surface area contributed by atoms with Gasteiger partial charge in [0.25, 0.3) is 0 Å². The van der Waals surface area contributed by atoms with Crippen LogP contribution >= 0.6 is 0 Å². The van der Waals surface area contributed by atoms with E-state index in [9.17, 15) is 4.79 Å². The van der Waals surface area contributed by atoms with Crippen molar-refractivity contribution in [3.8, 4) is 0 Å². The molecular weight excluding hydrogens is 244 g/mol. The molecule has 0 aliphatic heterocycles. The number of Topliss-reactive ketones (excluding diaryl/α,β-unsaturated/α-hetero) is 1.